The average Bonchev–Trinajstić information content (AvgIpc) is 2.92. The lowest BCUT2D eigenvalue weighted by Gasteiger charge is -2.56. The Balaban J connectivity index is 0.000000569. The minimum Gasteiger partial charge on any atom is -0.393 e. The van der Waals surface area contributed by atoms with Crippen LogP contribution < -0.4 is 0 Å². The van der Waals surface area contributed by atoms with Gasteiger partial charge in [0.15, 0.2) is 0 Å². The summed E-state index contributed by atoms with van der Waals surface area (Å²) in [4.78, 5) is 0. The Bertz CT molecular complexity index is 437. The lowest BCUT2D eigenvalue weighted by atomic mass is 9.49. The van der Waals surface area contributed by atoms with Gasteiger partial charge in [0.25, 0.3) is 0 Å². The third-order valence-electron chi connectivity index (χ3n) is 8.58. The Morgan fingerprint density at radius 1 is 0.920 bits per heavy atom. The second-order valence-electron chi connectivity index (χ2n) is 9.78. The molecule has 0 saturated heterocycles. The van der Waals surface area contributed by atoms with Crippen molar-refractivity contribution in [3.63, 3.8) is 0 Å². The van der Waals surface area contributed by atoms with Crippen LogP contribution in [0, 0.1) is 40.9 Å². The molecule has 25 heavy (non-hydrogen) atoms. The molecule has 0 heterocycles. The van der Waals surface area contributed by atoms with E-state index in [1.165, 1.54) is 44.9 Å². The number of rotatable bonds is 1. The van der Waals surface area contributed by atoms with Crippen molar-refractivity contribution in [2.75, 3.05) is 14.2 Å². The molecule has 0 aliphatic heterocycles. The summed E-state index contributed by atoms with van der Waals surface area (Å²) in [6.45, 7) is 4.51. The molecule has 0 aromatic carbocycles. The summed E-state index contributed by atoms with van der Waals surface area (Å²) in [5, 5.41) is 20.2. The van der Waals surface area contributed by atoms with Gasteiger partial charge in [0, 0.05) is 14.2 Å². The summed E-state index contributed by atoms with van der Waals surface area (Å²) >= 11 is 0. The summed E-state index contributed by atoms with van der Waals surface area (Å²) in [5.74, 6) is 4.94. The van der Waals surface area contributed by atoms with Gasteiger partial charge in [0.2, 0.25) is 0 Å². The Kier molecular flexibility index (Phi) is 6.17. The summed E-state index contributed by atoms with van der Waals surface area (Å²) in [5.41, 5.74) is 0.399. The fourth-order valence-corrected chi connectivity index (χ4v) is 7.66. The molecule has 9 atom stereocenters. The summed E-state index contributed by atoms with van der Waals surface area (Å²) < 4.78 is 4.25. The molecule has 146 valence electrons. The van der Waals surface area contributed by atoms with Crippen molar-refractivity contribution in [2.45, 2.75) is 83.8 Å². The molecule has 2 N–H and O–H groups in total. The Labute approximate surface area is 154 Å². The zero-order valence-electron chi connectivity index (χ0n) is 16.8. The van der Waals surface area contributed by atoms with E-state index >= 15 is 0 Å². The highest BCUT2D eigenvalue weighted by Crippen LogP contribution is 2.64. The second kappa shape index (κ2) is 7.86. The maximum atomic E-state index is 10.2. The molecule has 9 unspecified atom stereocenters. The van der Waals surface area contributed by atoms with Crippen molar-refractivity contribution in [1.29, 1.82) is 0 Å². The first-order valence-electron chi connectivity index (χ1n) is 10.7. The highest BCUT2D eigenvalue weighted by Gasteiger charge is 2.57. The number of hydrogen-bond donors (Lipinski definition) is 2. The molecule has 0 bridgehead atoms. The van der Waals surface area contributed by atoms with Crippen LogP contribution in [0.1, 0.15) is 71.6 Å². The van der Waals surface area contributed by atoms with Gasteiger partial charge in [-0.25, -0.2) is 0 Å². The number of ether oxygens (including phenoxy) is 1. The number of methoxy groups -OCH3 is 1. The van der Waals surface area contributed by atoms with Crippen molar-refractivity contribution < 1.29 is 14.9 Å². The van der Waals surface area contributed by atoms with E-state index < -0.39 is 0 Å². The minimum absolute atomic E-state index is 0.0160. The maximum Gasteiger partial charge on any atom is 0.0545 e. The zero-order chi connectivity index (χ0) is 18.2. The standard InChI is InChI=1S/C20H34O2.C2H6O/c1-12(21)18-7-8-19-17-5-3-13-11-14(22)4-6-15(13)16(17)9-10-20(18,19)2;1-3-2/h12-19,21-22H,3-11H2,1-2H3;1-2H3. The van der Waals surface area contributed by atoms with E-state index in [2.05, 4.69) is 11.7 Å². The zero-order valence-corrected chi connectivity index (χ0v) is 16.8. The molecule has 4 saturated carbocycles. The van der Waals surface area contributed by atoms with Gasteiger partial charge in [-0.3, -0.25) is 0 Å². The Morgan fingerprint density at radius 3 is 2.28 bits per heavy atom. The van der Waals surface area contributed by atoms with E-state index in [0.29, 0.717) is 11.3 Å². The van der Waals surface area contributed by atoms with Crippen molar-refractivity contribution in [3.8, 4) is 0 Å². The molecule has 4 fully saturated rings. The lowest BCUT2D eigenvalue weighted by Crippen LogP contribution is -2.49. The van der Waals surface area contributed by atoms with E-state index in [1.54, 1.807) is 14.2 Å². The van der Waals surface area contributed by atoms with Crippen LogP contribution in [-0.4, -0.2) is 36.6 Å². The average molecular weight is 353 g/mol. The maximum absolute atomic E-state index is 10.2. The van der Waals surface area contributed by atoms with Gasteiger partial charge in [-0.1, -0.05) is 6.92 Å². The van der Waals surface area contributed by atoms with Crippen molar-refractivity contribution >= 4 is 0 Å². The largest absolute Gasteiger partial charge is 0.393 e. The van der Waals surface area contributed by atoms with Crippen molar-refractivity contribution in [1.82, 2.24) is 0 Å². The molecule has 0 aromatic heterocycles. The number of aliphatic hydroxyl groups excluding tert-OH is 2. The molecule has 4 aliphatic rings. The van der Waals surface area contributed by atoms with E-state index in [4.69, 9.17) is 0 Å². The third kappa shape index (κ3) is 3.53. The molecule has 0 spiro atoms. The fraction of sp³-hybridized carbons (Fsp3) is 1.00. The van der Waals surface area contributed by atoms with Gasteiger partial charge < -0.3 is 14.9 Å². The minimum atomic E-state index is -0.132. The summed E-state index contributed by atoms with van der Waals surface area (Å²) in [7, 11) is 3.25. The number of fused-ring (bicyclic) bond motifs is 5. The Morgan fingerprint density at radius 2 is 1.60 bits per heavy atom. The van der Waals surface area contributed by atoms with Crippen LogP contribution in [-0.2, 0) is 4.74 Å². The first kappa shape index (κ1) is 19.6. The molecule has 4 aliphatic carbocycles. The first-order chi connectivity index (χ1) is 11.9. The van der Waals surface area contributed by atoms with Crippen molar-refractivity contribution in [3.05, 3.63) is 0 Å². The van der Waals surface area contributed by atoms with Gasteiger partial charge in [-0.15, -0.1) is 0 Å². The molecular formula is C22H40O3. The molecular weight excluding hydrogens is 312 g/mol. The molecule has 4 rings (SSSR count). The fourth-order valence-electron chi connectivity index (χ4n) is 7.66. The van der Waals surface area contributed by atoms with Gasteiger partial charge in [0.1, 0.15) is 0 Å². The molecule has 0 radical (unpaired) electrons. The van der Waals surface area contributed by atoms with E-state index in [-0.39, 0.29) is 12.2 Å². The lowest BCUT2D eigenvalue weighted by molar-refractivity contribution is -0.0886. The third-order valence-corrected chi connectivity index (χ3v) is 8.58. The first-order valence-corrected chi connectivity index (χ1v) is 10.7. The van der Waals surface area contributed by atoms with E-state index in [1.807, 2.05) is 6.92 Å². The highest BCUT2D eigenvalue weighted by atomic mass is 16.4. The number of aliphatic hydroxyl groups is 2. The summed E-state index contributed by atoms with van der Waals surface area (Å²) in [6.07, 6.45) is 11.3. The quantitative estimate of drug-likeness (QED) is 0.741. The van der Waals surface area contributed by atoms with Gasteiger partial charge in [-0.2, -0.15) is 0 Å². The Hall–Kier alpha value is -0.120. The normalized spacial score (nSPS) is 49.9. The van der Waals surface area contributed by atoms with Crippen LogP contribution >= 0.6 is 0 Å². The predicted molar refractivity (Wildman–Crippen MR) is 101 cm³/mol. The van der Waals surface area contributed by atoms with Gasteiger partial charge >= 0.3 is 0 Å². The smallest absolute Gasteiger partial charge is 0.0545 e. The van der Waals surface area contributed by atoms with Crippen LogP contribution in [0.4, 0.5) is 0 Å². The topological polar surface area (TPSA) is 49.7 Å². The van der Waals surface area contributed by atoms with Crippen LogP contribution in [0.15, 0.2) is 0 Å². The van der Waals surface area contributed by atoms with Crippen LogP contribution in [0.25, 0.3) is 0 Å². The molecule has 3 nitrogen and oxygen atoms in total. The van der Waals surface area contributed by atoms with Gasteiger partial charge in [-0.05, 0) is 106 Å². The van der Waals surface area contributed by atoms with Gasteiger partial charge in [0.05, 0.1) is 12.2 Å². The molecule has 0 aromatic rings. The van der Waals surface area contributed by atoms with E-state index in [9.17, 15) is 10.2 Å². The summed E-state index contributed by atoms with van der Waals surface area (Å²) in [6, 6.07) is 0. The highest BCUT2D eigenvalue weighted by molar-refractivity contribution is 5.06. The van der Waals surface area contributed by atoms with Crippen LogP contribution in [0.3, 0.4) is 0 Å². The van der Waals surface area contributed by atoms with Crippen LogP contribution in [0.5, 0.6) is 0 Å². The van der Waals surface area contributed by atoms with Crippen molar-refractivity contribution in [2.24, 2.45) is 40.9 Å². The second-order valence-corrected chi connectivity index (χ2v) is 9.78. The molecule has 3 heteroatoms. The molecule has 0 amide bonds. The number of hydrogen-bond acceptors (Lipinski definition) is 3. The SMILES string of the molecule is CC(O)C1CCC2C3CCC4CC(O)CCC4C3CCC12C.COC. The predicted octanol–water partition coefficient (Wildman–Crippen LogP) is 4.26. The monoisotopic (exact) mass is 352 g/mol. The van der Waals surface area contributed by atoms with Crippen LogP contribution in [0.2, 0.25) is 0 Å². The van der Waals surface area contributed by atoms with E-state index in [0.717, 1.165) is 42.4 Å².